The molecule has 96 valence electrons. The molecular formula is C14H12N2O3. The molecule has 5 nitrogen and oxygen atoms in total. The van der Waals surface area contributed by atoms with Crippen LogP contribution in [0.5, 0.6) is 11.5 Å². The zero-order valence-electron chi connectivity index (χ0n) is 10.3. The minimum atomic E-state index is 0.122. The summed E-state index contributed by atoms with van der Waals surface area (Å²) in [6, 6.07) is 10.6. The standard InChI is InChI=1S/C14H12N2O3/c1-18-9-4-5-10(13(17)7-9)11-8-12(16-15-11)14-3-2-6-19-14/h2-8,17H,1H3,(H,15,16). The van der Waals surface area contributed by atoms with Gasteiger partial charge in [0.15, 0.2) is 5.76 Å². The summed E-state index contributed by atoms with van der Waals surface area (Å²) in [6.45, 7) is 0. The predicted molar refractivity (Wildman–Crippen MR) is 69.9 cm³/mol. The first kappa shape index (κ1) is 11.4. The Bertz CT molecular complexity index is 687. The number of phenolic OH excluding ortho intramolecular Hbond substituents is 1. The first-order valence-corrected chi connectivity index (χ1v) is 5.74. The number of aromatic hydroxyl groups is 1. The number of phenols is 1. The number of aromatic amines is 1. The van der Waals surface area contributed by atoms with Crippen LogP contribution in [0.4, 0.5) is 0 Å². The van der Waals surface area contributed by atoms with Crippen molar-refractivity contribution < 1.29 is 14.3 Å². The molecule has 0 unspecified atom stereocenters. The molecule has 0 radical (unpaired) electrons. The molecule has 2 heterocycles. The third-order valence-electron chi connectivity index (χ3n) is 2.85. The van der Waals surface area contributed by atoms with Gasteiger partial charge >= 0.3 is 0 Å². The van der Waals surface area contributed by atoms with E-state index < -0.39 is 0 Å². The third-order valence-corrected chi connectivity index (χ3v) is 2.85. The summed E-state index contributed by atoms with van der Waals surface area (Å²) >= 11 is 0. The summed E-state index contributed by atoms with van der Waals surface area (Å²) in [5, 5.41) is 17.0. The maximum Gasteiger partial charge on any atom is 0.151 e. The molecule has 3 rings (SSSR count). The van der Waals surface area contributed by atoms with Gasteiger partial charge in [0.25, 0.3) is 0 Å². The van der Waals surface area contributed by atoms with Crippen molar-refractivity contribution in [1.82, 2.24) is 10.2 Å². The Morgan fingerprint density at radius 3 is 2.84 bits per heavy atom. The largest absolute Gasteiger partial charge is 0.507 e. The van der Waals surface area contributed by atoms with Crippen molar-refractivity contribution in [2.75, 3.05) is 7.11 Å². The second-order valence-electron chi connectivity index (χ2n) is 4.03. The number of furan rings is 1. The third kappa shape index (κ3) is 2.06. The molecule has 0 bridgehead atoms. The Labute approximate surface area is 109 Å². The predicted octanol–water partition coefficient (Wildman–Crippen LogP) is 3.05. The highest BCUT2D eigenvalue weighted by atomic mass is 16.5. The Morgan fingerprint density at radius 1 is 1.26 bits per heavy atom. The smallest absolute Gasteiger partial charge is 0.151 e. The molecule has 0 spiro atoms. The zero-order valence-corrected chi connectivity index (χ0v) is 10.3. The van der Waals surface area contributed by atoms with Crippen molar-refractivity contribution in [3.05, 3.63) is 42.7 Å². The van der Waals surface area contributed by atoms with Crippen LogP contribution in [-0.2, 0) is 0 Å². The van der Waals surface area contributed by atoms with Gasteiger partial charge in [-0.2, -0.15) is 5.10 Å². The number of methoxy groups -OCH3 is 1. The second-order valence-corrected chi connectivity index (χ2v) is 4.03. The van der Waals surface area contributed by atoms with E-state index in [-0.39, 0.29) is 5.75 Å². The van der Waals surface area contributed by atoms with E-state index in [0.717, 1.165) is 5.69 Å². The average molecular weight is 256 g/mol. The van der Waals surface area contributed by atoms with E-state index in [0.29, 0.717) is 22.8 Å². The molecule has 0 aliphatic heterocycles. The number of rotatable bonds is 3. The number of aromatic nitrogens is 2. The topological polar surface area (TPSA) is 71.3 Å². The highest BCUT2D eigenvalue weighted by molar-refractivity contribution is 5.71. The number of hydrogen-bond acceptors (Lipinski definition) is 4. The second kappa shape index (κ2) is 4.53. The molecule has 19 heavy (non-hydrogen) atoms. The quantitative estimate of drug-likeness (QED) is 0.755. The lowest BCUT2D eigenvalue weighted by molar-refractivity contribution is 0.408. The fourth-order valence-corrected chi connectivity index (χ4v) is 1.87. The molecule has 5 heteroatoms. The van der Waals surface area contributed by atoms with Crippen molar-refractivity contribution in [3.8, 4) is 34.2 Å². The van der Waals surface area contributed by atoms with Crippen molar-refractivity contribution in [2.45, 2.75) is 0 Å². The number of nitrogens with one attached hydrogen (secondary N) is 1. The van der Waals surface area contributed by atoms with Gasteiger partial charge in [0.1, 0.15) is 17.2 Å². The summed E-state index contributed by atoms with van der Waals surface area (Å²) in [5.74, 6) is 1.42. The normalized spacial score (nSPS) is 10.6. The SMILES string of the molecule is COc1ccc(-c2cc(-c3ccco3)[nH]n2)c(O)c1. The highest BCUT2D eigenvalue weighted by Crippen LogP contribution is 2.32. The van der Waals surface area contributed by atoms with E-state index in [4.69, 9.17) is 9.15 Å². The van der Waals surface area contributed by atoms with Crippen LogP contribution in [0.3, 0.4) is 0 Å². The van der Waals surface area contributed by atoms with Crippen LogP contribution < -0.4 is 4.74 Å². The van der Waals surface area contributed by atoms with E-state index in [9.17, 15) is 5.11 Å². The maximum atomic E-state index is 9.96. The lowest BCUT2D eigenvalue weighted by atomic mass is 10.1. The summed E-state index contributed by atoms with van der Waals surface area (Å²) in [5.41, 5.74) is 2.04. The maximum absolute atomic E-state index is 9.96. The van der Waals surface area contributed by atoms with Crippen LogP contribution in [0, 0.1) is 0 Å². The highest BCUT2D eigenvalue weighted by Gasteiger charge is 2.11. The first-order chi connectivity index (χ1) is 9.28. The van der Waals surface area contributed by atoms with E-state index in [2.05, 4.69) is 10.2 Å². The van der Waals surface area contributed by atoms with E-state index >= 15 is 0 Å². The van der Waals surface area contributed by atoms with E-state index in [1.807, 2.05) is 12.1 Å². The molecule has 1 aromatic carbocycles. The summed E-state index contributed by atoms with van der Waals surface area (Å²) in [7, 11) is 1.55. The van der Waals surface area contributed by atoms with Crippen LogP contribution in [0.15, 0.2) is 47.1 Å². The number of hydrogen-bond donors (Lipinski definition) is 2. The molecule has 3 aromatic rings. The van der Waals surface area contributed by atoms with Crippen LogP contribution in [0.2, 0.25) is 0 Å². The van der Waals surface area contributed by atoms with Gasteiger partial charge in [-0.3, -0.25) is 5.10 Å². The average Bonchev–Trinajstić information content (AvgIpc) is 3.09. The van der Waals surface area contributed by atoms with Crippen LogP contribution in [-0.4, -0.2) is 22.4 Å². The van der Waals surface area contributed by atoms with E-state index in [1.54, 1.807) is 37.6 Å². The van der Waals surface area contributed by atoms with E-state index in [1.165, 1.54) is 0 Å². The number of H-pyrrole nitrogens is 1. The van der Waals surface area contributed by atoms with Crippen molar-refractivity contribution in [3.63, 3.8) is 0 Å². The summed E-state index contributed by atoms with van der Waals surface area (Å²) in [4.78, 5) is 0. The fourth-order valence-electron chi connectivity index (χ4n) is 1.87. The van der Waals surface area contributed by atoms with Gasteiger partial charge in [0.05, 0.1) is 19.1 Å². The minimum absolute atomic E-state index is 0.122. The van der Waals surface area contributed by atoms with Gasteiger partial charge in [-0.25, -0.2) is 0 Å². The number of nitrogens with zero attached hydrogens (tertiary/aromatic N) is 1. The van der Waals surface area contributed by atoms with Crippen LogP contribution in [0.25, 0.3) is 22.7 Å². The molecule has 2 aromatic heterocycles. The molecule has 0 aliphatic carbocycles. The summed E-state index contributed by atoms with van der Waals surface area (Å²) in [6.07, 6.45) is 1.60. The molecule has 0 amide bonds. The monoisotopic (exact) mass is 256 g/mol. The first-order valence-electron chi connectivity index (χ1n) is 5.74. The molecule has 2 N–H and O–H groups in total. The molecule has 0 saturated heterocycles. The molecule has 0 aliphatic rings. The van der Waals surface area contributed by atoms with Gasteiger partial charge in [0, 0.05) is 11.6 Å². The van der Waals surface area contributed by atoms with Gasteiger partial charge in [-0.1, -0.05) is 0 Å². The van der Waals surface area contributed by atoms with Gasteiger partial charge in [-0.15, -0.1) is 0 Å². The Morgan fingerprint density at radius 2 is 2.16 bits per heavy atom. The Kier molecular flexibility index (Phi) is 2.72. The molecular weight excluding hydrogens is 244 g/mol. The lowest BCUT2D eigenvalue weighted by Crippen LogP contribution is -1.84. The molecule has 0 saturated carbocycles. The minimum Gasteiger partial charge on any atom is -0.507 e. The Balaban J connectivity index is 1.99. The zero-order chi connectivity index (χ0) is 13.2. The van der Waals surface area contributed by atoms with Crippen LogP contribution in [0.1, 0.15) is 0 Å². The summed E-state index contributed by atoms with van der Waals surface area (Å²) < 4.78 is 10.3. The Hall–Kier alpha value is -2.69. The van der Waals surface area contributed by atoms with Crippen molar-refractivity contribution in [1.29, 1.82) is 0 Å². The van der Waals surface area contributed by atoms with Gasteiger partial charge in [0.2, 0.25) is 0 Å². The van der Waals surface area contributed by atoms with Gasteiger partial charge in [-0.05, 0) is 30.3 Å². The number of benzene rings is 1. The fraction of sp³-hybridized carbons (Fsp3) is 0.0714. The molecule has 0 atom stereocenters. The lowest BCUT2D eigenvalue weighted by Gasteiger charge is -2.03. The van der Waals surface area contributed by atoms with Crippen LogP contribution >= 0.6 is 0 Å². The van der Waals surface area contributed by atoms with Gasteiger partial charge < -0.3 is 14.3 Å². The van der Waals surface area contributed by atoms with Crippen molar-refractivity contribution >= 4 is 0 Å². The van der Waals surface area contributed by atoms with Crippen molar-refractivity contribution in [2.24, 2.45) is 0 Å². The number of ether oxygens (including phenoxy) is 1. The molecule has 0 fully saturated rings.